The van der Waals surface area contributed by atoms with Crippen molar-refractivity contribution in [2.24, 2.45) is 0 Å². The molecule has 2 fully saturated rings. The topological polar surface area (TPSA) is 108 Å². The van der Waals surface area contributed by atoms with Crippen LogP contribution in [-0.2, 0) is 14.3 Å². The third kappa shape index (κ3) is 2.50. The van der Waals surface area contributed by atoms with Crippen LogP contribution in [0, 0.1) is 10.1 Å². The van der Waals surface area contributed by atoms with E-state index >= 15 is 0 Å². The lowest BCUT2D eigenvalue weighted by Crippen LogP contribution is -2.48. The standard InChI is InChI=1S/C12H10N2O6S/c15-10-12(21-11(16)13-10)5-19-9(20-6-12)7-1-3-8(4-2-7)14(17)18/h1-4,9H,5-6H2,(H,13,15,16). The van der Waals surface area contributed by atoms with Crippen molar-refractivity contribution >= 4 is 28.6 Å². The maximum Gasteiger partial charge on any atom is 0.286 e. The average Bonchev–Trinajstić information content (AvgIpc) is 2.74. The van der Waals surface area contributed by atoms with Crippen molar-refractivity contribution in [1.82, 2.24) is 5.32 Å². The molecule has 0 unspecified atom stereocenters. The number of ether oxygens (including phenoxy) is 2. The SMILES string of the molecule is O=C1NC(=O)C2(COC(c3ccc([N+](=O)[O-])cc3)OC2)S1. The van der Waals surface area contributed by atoms with E-state index in [1.54, 1.807) is 0 Å². The number of nitrogens with zero attached hydrogens (tertiary/aromatic N) is 1. The lowest BCUT2D eigenvalue weighted by Gasteiger charge is -2.33. The van der Waals surface area contributed by atoms with E-state index in [-0.39, 0.29) is 18.9 Å². The number of nitro benzene ring substituents is 1. The summed E-state index contributed by atoms with van der Waals surface area (Å²) >= 11 is 0.862. The predicted octanol–water partition coefficient (Wildman–Crippen LogP) is 1.36. The smallest absolute Gasteiger partial charge is 0.286 e. The van der Waals surface area contributed by atoms with Crippen LogP contribution in [0.4, 0.5) is 10.5 Å². The van der Waals surface area contributed by atoms with Gasteiger partial charge in [-0.25, -0.2) is 0 Å². The molecule has 2 aliphatic rings. The van der Waals surface area contributed by atoms with E-state index in [1.807, 2.05) is 0 Å². The number of thioether (sulfide) groups is 1. The molecule has 2 saturated heterocycles. The Kier molecular flexibility index (Phi) is 3.40. The minimum Gasteiger partial charge on any atom is -0.346 e. The van der Waals surface area contributed by atoms with Gasteiger partial charge in [-0.3, -0.25) is 25.0 Å². The molecule has 1 spiro atoms. The Morgan fingerprint density at radius 1 is 1.24 bits per heavy atom. The van der Waals surface area contributed by atoms with Gasteiger partial charge in [-0.15, -0.1) is 0 Å². The highest BCUT2D eigenvalue weighted by molar-refractivity contribution is 8.16. The zero-order chi connectivity index (χ0) is 15.0. The monoisotopic (exact) mass is 310 g/mol. The predicted molar refractivity (Wildman–Crippen MR) is 71.6 cm³/mol. The van der Waals surface area contributed by atoms with Crippen molar-refractivity contribution < 1.29 is 24.0 Å². The first-order valence-corrected chi connectivity index (χ1v) is 6.84. The molecule has 1 N–H and O–H groups in total. The second-order valence-corrected chi connectivity index (χ2v) is 6.00. The van der Waals surface area contributed by atoms with Crippen LogP contribution in [-0.4, -0.2) is 34.0 Å². The summed E-state index contributed by atoms with van der Waals surface area (Å²) in [7, 11) is 0. The van der Waals surface area contributed by atoms with Crippen LogP contribution in [0.2, 0.25) is 0 Å². The van der Waals surface area contributed by atoms with Gasteiger partial charge in [0, 0.05) is 17.7 Å². The fourth-order valence-electron chi connectivity index (χ4n) is 2.10. The molecule has 3 rings (SSSR count). The highest BCUT2D eigenvalue weighted by Crippen LogP contribution is 2.39. The third-order valence-corrected chi connectivity index (χ3v) is 4.33. The summed E-state index contributed by atoms with van der Waals surface area (Å²) in [5.41, 5.74) is 0.590. The summed E-state index contributed by atoms with van der Waals surface area (Å²) in [5.74, 6) is -0.417. The lowest BCUT2D eigenvalue weighted by molar-refractivity contribution is -0.384. The first-order chi connectivity index (χ1) is 10.00. The molecule has 2 amide bonds. The van der Waals surface area contributed by atoms with Crippen molar-refractivity contribution in [3.63, 3.8) is 0 Å². The largest absolute Gasteiger partial charge is 0.346 e. The molecule has 0 saturated carbocycles. The molecule has 0 aromatic heterocycles. The van der Waals surface area contributed by atoms with Crippen molar-refractivity contribution in [1.29, 1.82) is 0 Å². The van der Waals surface area contributed by atoms with Crippen molar-refractivity contribution in [2.45, 2.75) is 11.0 Å². The van der Waals surface area contributed by atoms with Crippen molar-refractivity contribution in [2.75, 3.05) is 13.2 Å². The van der Waals surface area contributed by atoms with Crippen LogP contribution in [0.3, 0.4) is 0 Å². The van der Waals surface area contributed by atoms with E-state index < -0.39 is 27.1 Å². The summed E-state index contributed by atoms with van der Waals surface area (Å²) < 4.78 is 9.96. The number of hydrogen-bond donors (Lipinski definition) is 1. The van der Waals surface area contributed by atoms with Crippen molar-refractivity contribution in [3.05, 3.63) is 39.9 Å². The van der Waals surface area contributed by atoms with Crippen LogP contribution < -0.4 is 5.32 Å². The molecule has 9 heteroatoms. The number of hydrogen-bond acceptors (Lipinski definition) is 7. The maximum atomic E-state index is 11.7. The second kappa shape index (κ2) is 5.10. The molecule has 0 bridgehead atoms. The summed E-state index contributed by atoms with van der Waals surface area (Å²) in [5, 5.41) is 12.4. The normalized spacial score (nSPS) is 28.7. The number of carbonyl (C=O) groups excluding carboxylic acids is 2. The summed E-state index contributed by atoms with van der Waals surface area (Å²) in [6.07, 6.45) is -0.708. The number of rotatable bonds is 2. The van der Waals surface area contributed by atoms with Gasteiger partial charge in [-0.05, 0) is 23.9 Å². The Morgan fingerprint density at radius 3 is 2.33 bits per heavy atom. The fourth-order valence-corrected chi connectivity index (χ4v) is 3.00. The number of imide groups is 1. The van der Waals surface area contributed by atoms with E-state index in [0.717, 1.165) is 11.8 Å². The molecule has 0 aliphatic carbocycles. The van der Waals surface area contributed by atoms with E-state index in [9.17, 15) is 19.7 Å². The molecule has 110 valence electrons. The zero-order valence-electron chi connectivity index (χ0n) is 10.6. The molecule has 8 nitrogen and oxygen atoms in total. The molecular formula is C12H10N2O6S. The second-order valence-electron chi connectivity index (χ2n) is 4.64. The third-order valence-electron chi connectivity index (χ3n) is 3.23. The first-order valence-electron chi connectivity index (χ1n) is 6.02. The number of nitrogens with one attached hydrogen (secondary N) is 1. The van der Waals surface area contributed by atoms with Crippen molar-refractivity contribution in [3.8, 4) is 0 Å². The highest BCUT2D eigenvalue weighted by atomic mass is 32.2. The quantitative estimate of drug-likeness (QED) is 0.649. The van der Waals surface area contributed by atoms with Gasteiger partial charge in [0.15, 0.2) is 11.0 Å². The highest BCUT2D eigenvalue weighted by Gasteiger charge is 2.51. The molecule has 1 aromatic rings. The van der Waals surface area contributed by atoms with E-state index in [2.05, 4.69) is 5.32 Å². The first kappa shape index (κ1) is 14.0. The number of benzene rings is 1. The van der Waals surface area contributed by atoms with Gasteiger partial charge in [0.1, 0.15) is 0 Å². The summed E-state index contributed by atoms with van der Waals surface area (Å²) in [6.45, 7) is 0.0772. The van der Waals surface area contributed by atoms with Gasteiger partial charge < -0.3 is 9.47 Å². The molecule has 1 aromatic carbocycles. The number of amides is 2. The molecule has 21 heavy (non-hydrogen) atoms. The van der Waals surface area contributed by atoms with Crippen LogP contribution in [0.1, 0.15) is 11.9 Å². The van der Waals surface area contributed by atoms with Gasteiger partial charge in [-0.2, -0.15) is 0 Å². The van der Waals surface area contributed by atoms with Crippen LogP contribution in [0.25, 0.3) is 0 Å². The summed E-state index contributed by atoms with van der Waals surface area (Å²) in [6, 6.07) is 5.78. The zero-order valence-corrected chi connectivity index (χ0v) is 11.4. The maximum absolute atomic E-state index is 11.7. The molecule has 0 radical (unpaired) electrons. The minimum atomic E-state index is -1.03. The fraction of sp³-hybridized carbons (Fsp3) is 0.333. The Balaban J connectivity index is 1.70. The average molecular weight is 310 g/mol. The van der Waals surface area contributed by atoms with Gasteiger partial charge >= 0.3 is 0 Å². The number of carbonyl (C=O) groups is 2. The van der Waals surface area contributed by atoms with Gasteiger partial charge in [0.05, 0.1) is 18.1 Å². The number of nitro groups is 1. The van der Waals surface area contributed by atoms with Crippen LogP contribution in [0.15, 0.2) is 24.3 Å². The Bertz CT molecular complexity index is 609. The van der Waals surface area contributed by atoms with E-state index in [0.29, 0.717) is 5.56 Å². The van der Waals surface area contributed by atoms with Gasteiger partial charge in [0.25, 0.3) is 10.9 Å². The van der Waals surface area contributed by atoms with Crippen LogP contribution >= 0.6 is 11.8 Å². The van der Waals surface area contributed by atoms with Gasteiger partial charge in [-0.1, -0.05) is 0 Å². The Hall–Kier alpha value is -1.97. The molecule has 0 atom stereocenters. The number of non-ortho nitro benzene ring substituents is 1. The summed E-state index contributed by atoms with van der Waals surface area (Å²) in [4.78, 5) is 33.1. The lowest BCUT2D eigenvalue weighted by atomic mass is 10.1. The Labute approximate surface area is 122 Å². The molecular weight excluding hydrogens is 300 g/mol. The van der Waals surface area contributed by atoms with E-state index in [4.69, 9.17) is 9.47 Å². The van der Waals surface area contributed by atoms with Gasteiger partial charge in [0.2, 0.25) is 5.91 Å². The molecule has 2 heterocycles. The van der Waals surface area contributed by atoms with Crippen LogP contribution in [0.5, 0.6) is 0 Å². The van der Waals surface area contributed by atoms with E-state index in [1.165, 1.54) is 24.3 Å². The Morgan fingerprint density at radius 2 is 1.86 bits per heavy atom. The minimum absolute atomic E-state index is 0.0256. The molecule has 2 aliphatic heterocycles.